The minimum absolute atomic E-state index is 0.215. The van der Waals surface area contributed by atoms with E-state index in [1.54, 1.807) is 6.07 Å². The molecule has 2 amide bonds. The van der Waals surface area contributed by atoms with Crippen molar-refractivity contribution in [1.82, 2.24) is 9.80 Å². The van der Waals surface area contributed by atoms with Gasteiger partial charge in [-0.15, -0.1) is 0 Å². The van der Waals surface area contributed by atoms with Crippen LogP contribution in [-0.4, -0.2) is 66.5 Å². The monoisotopic (exact) mass is 509 g/mol. The number of amides is 2. The van der Waals surface area contributed by atoms with Crippen molar-refractivity contribution < 1.29 is 14.7 Å². The highest BCUT2D eigenvalue weighted by Crippen LogP contribution is 2.39. The second kappa shape index (κ2) is 10.0. The van der Waals surface area contributed by atoms with Crippen LogP contribution in [0.1, 0.15) is 57.5 Å². The van der Waals surface area contributed by atoms with E-state index in [0.29, 0.717) is 24.1 Å². The average Bonchev–Trinajstić information content (AvgIpc) is 3.50. The lowest BCUT2D eigenvalue weighted by atomic mass is 9.90. The molecule has 1 N–H and O–H groups in total. The molecule has 1 saturated carbocycles. The second-order valence-corrected chi connectivity index (χ2v) is 11.0. The quantitative estimate of drug-likeness (QED) is 0.488. The Labute approximate surface area is 224 Å². The Hall–Kier alpha value is -3.48. The van der Waals surface area contributed by atoms with Crippen molar-refractivity contribution >= 4 is 17.5 Å². The van der Waals surface area contributed by atoms with E-state index in [0.717, 1.165) is 68.6 Å². The molecule has 0 bridgehead atoms. The summed E-state index contributed by atoms with van der Waals surface area (Å²) >= 11 is 0. The summed E-state index contributed by atoms with van der Waals surface area (Å²) in [6.07, 6.45) is 4.34. The van der Waals surface area contributed by atoms with Crippen LogP contribution in [0.4, 0.5) is 5.69 Å². The Morgan fingerprint density at radius 2 is 1.45 bits per heavy atom. The van der Waals surface area contributed by atoms with Gasteiger partial charge in [0.15, 0.2) is 0 Å². The maximum atomic E-state index is 13.4. The first-order chi connectivity index (χ1) is 18.4. The molecule has 3 aromatic rings. The Morgan fingerprint density at radius 3 is 2.18 bits per heavy atom. The zero-order valence-corrected chi connectivity index (χ0v) is 22.0. The minimum atomic E-state index is -0.720. The number of fused-ring (bicyclic) bond motifs is 1. The van der Waals surface area contributed by atoms with Gasteiger partial charge in [0, 0.05) is 38.4 Å². The maximum Gasteiger partial charge on any atom is 0.261 e. The molecular weight excluding hydrogens is 474 g/mol. The first-order valence-corrected chi connectivity index (χ1v) is 13.8. The van der Waals surface area contributed by atoms with E-state index in [4.69, 9.17) is 0 Å². The molecule has 0 unspecified atom stereocenters. The van der Waals surface area contributed by atoms with Gasteiger partial charge in [-0.2, -0.15) is 0 Å². The first kappa shape index (κ1) is 24.8. The predicted octanol–water partition coefficient (Wildman–Crippen LogP) is 4.71. The number of carbonyl (C=O) groups excluding carboxylic acids is 2. The minimum Gasteiger partial charge on any atom is -0.385 e. The van der Waals surface area contributed by atoms with Gasteiger partial charge in [-0.25, -0.2) is 0 Å². The van der Waals surface area contributed by atoms with Gasteiger partial charge in [0.05, 0.1) is 16.7 Å². The van der Waals surface area contributed by atoms with Crippen molar-refractivity contribution in [2.45, 2.75) is 37.7 Å². The van der Waals surface area contributed by atoms with E-state index in [2.05, 4.69) is 35.0 Å². The molecule has 0 spiro atoms. The molecule has 2 fully saturated rings. The maximum absolute atomic E-state index is 13.4. The highest BCUT2D eigenvalue weighted by molar-refractivity contribution is 6.21. The highest BCUT2D eigenvalue weighted by Gasteiger charge is 2.36. The third-order valence-electron chi connectivity index (χ3n) is 8.60. The van der Waals surface area contributed by atoms with Gasteiger partial charge in [-0.05, 0) is 66.8 Å². The third kappa shape index (κ3) is 4.52. The summed E-state index contributed by atoms with van der Waals surface area (Å²) < 4.78 is 0. The number of rotatable bonds is 6. The Balaban J connectivity index is 1.18. The molecule has 1 saturated heterocycles. The lowest BCUT2D eigenvalue weighted by Gasteiger charge is -2.35. The number of anilines is 1. The fourth-order valence-corrected chi connectivity index (χ4v) is 6.21. The molecule has 0 aromatic heterocycles. The number of piperazine rings is 1. The van der Waals surface area contributed by atoms with Crippen molar-refractivity contribution in [2.75, 3.05) is 44.7 Å². The fraction of sp³-hybridized carbons (Fsp3) is 0.375. The van der Waals surface area contributed by atoms with Crippen molar-refractivity contribution in [2.24, 2.45) is 0 Å². The summed E-state index contributed by atoms with van der Waals surface area (Å²) in [5, 5.41) is 10.9. The van der Waals surface area contributed by atoms with E-state index in [1.807, 2.05) is 42.5 Å². The summed E-state index contributed by atoms with van der Waals surface area (Å²) in [5.41, 5.74) is 5.41. The molecule has 0 radical (unpaired) electrons. The van der Waals surface area contributed by atoms with Gasteiger partial charge in [0.1, 0.15) is 0 Å². The molecule has 3 aromatic carbocycles. The fourth-order valence-electron chi connectivity index (χ4n) is 6.21. The normalized spacial score (nSPS) is 19.3. The van der Waals surface area contributed by atoms with Crippen LogP contribution in [0.25, 0.3) is 11.1 Å². The van der Waals surface area contributed by atoms with Crippen LogP contribution < -0.4 is 4.90 Å². The lowest BCUT2D eigenvalue weighted by Crippen LogP contribution is -2.44. The number of para-hydroxylation sites is 1. The molecule has 3 aliphatic rings. The summed E-state index contributed by atoms with van der Waals surface area (Å²) in [7, 11) is 2.15. The van der Waals surface area contributed by atoms with Gasteiger partial charge >= 0.3 is 0 Å². The molecule has 6 nitrogen and oxygen atoms in total. The second-order valence-electron chi connectivity index (χ2n) is 11.0. The SMILES string of the molecule is CN1CCN(c2ccccc2CCN2C(=O)c3ccc(-c4ccc(C5(O)CCCC5)cc4)cc3C2=O)CC1. The summed E-state index contributed by atoms with van der Waals surface area (Å²) in [6.45, 7) is 4.37. The van der Waals surface area contributed by atoms with E-state index in [-0.39, 0.29) is 11.8 Å². The Kier molecular flexibility index (Phi) is 6.54. The summed E-state index contributed by atoms with van der Waals surface area (Å²) in [4.78, 5) is 32.7. The summed E-state index contributed by atoms with van der Waals surface area (Å²) in [6, 6.07) is 21.9. The molecule has 6 heteroatoms. The van der Waals surface area contributed by atoms with Crippen LogP contribution in [0.15, 0.2) is 66.7 Å². The van der Waals surface area contributed by atoms with Gasteiger partial charge in [0.2, 0.25) is 0 Å². The zero-order chi connectivity index (χ0) is 26.3. The third-order valence-corrected chi connectivity index (χ3v) is 8.60. The smallest absolute Gasteiger partial charge is 0.261 e. The van der Waals surface area contributed by atoms with Crippen LogP contribution >= 0.6 is 0 Å². The van der Waals surface area contributed by atoms with Crippen molar-refractivity contribution in [1.29, 1.82) is 0 Å². The van der Waals surface area contributed by atoms with Gasteiger partial charge in [-0.1, -0.05) is 61.4 Å². The molecule has 38 heavy (non-hydrogen) atoms. The molecule has 0 atom stereocenters. The van der Waals surface area contributed by atoms with Gasteiger partial charge in [-0.3, -0.25) is 14.5 Å². The number of benzene rings is 3. The molecule has 2 aliphatic heterocycles. The Morgan fingerprint density at radius 1 is 0.789 bits per heavy atom. The molecule has 6 rings (SSSR count). The van der Waals surface area contributed by atoms with Crippen LogP contribution in [0, 0.1) is 0 Å². The lowest BCUT2D eigenvalue weighted by molar-refractivity contribution is 0.0444. The molecular formula is C32H35N3O3. The number of aliphatic hydroxyl groups is 1. The molecule has 2 heterocycles. The van der Waals surface area contributed by atoms with Crippen LogP contribution in [-0.2, 0) is 12.0 Å². The Bertz CT molecular complexity index is 1350. The summed E-state index contributed by atoms with van der Waals surface area (Å²) in [5.74, 6) is -0.437. The van der Waals surface area contributed by atoms with Crippen molar-refractivity contribution in [3.63, 3.8) is 0 Å². The number of imide groups is 1. The van der Waals surface area contributed by atoms with Crippen LogP contribution in [0.5, 0.6) is 0 Å². The topological polar surface area (TPSA) is 64.1 Å². The van der Waals surface area contributed by atoms with Crippen molar-refractivity contribution in [3.05, 3.63) is 89.0 Å². The number of hydrogen-bond donors (Lipinski definition) is 1. The van der Waals surface area contributed by atoms with Crippen molar-refractivity contribution in [3.8, 4) is 11.1 Å². The number of likely N-dealkylation sites (N-methyl/N-ethyl adjacent to an activating group) is 1. The van der Waals surface area contributed by atoms with E-state index >= 15 is 0 Å². The van der Waals surface area contributed by atoms with Crippen LogP contribution in [0.2, 0.25) is 0 Å². The molecule has 1 aliphatic carbocycles. The number of hydrogen-bond acceptors (Lipinski definition) is 5. The highest BCUT2D eigenvalue weighted by atomic mass is 16.3. The molecule has 196 valence electrons. The van der Waals surface area contributed by atoms with E-state index < -0.39 is 5.60 Å². The van der Waals surface area contributed by atoms with Gasteiger partial charge < -0.3 is 14.9 Å². The zero-order valence-electron chi connectivity index (χ0n) is 22.0. The number of carbonyl (C=O) groups is 2. The largest absolute Gasteiger partial charge is 0.385 e. The first-order valence-electron chi connectivity index (χ1n) is 13.8. The average molecular weight is 510 g/mol. The van der Waals surface area contributed by atoms with Gasteiger partial charge in [0.25, 0.3) is 11.8 Å². The van der Waals surface area contributed by atoms with E-state index in [1.165, 1.54) is 16.2 Å². The number of nitrogens with zero attached hydrogens (tertiary/aromatic N) is 3. The standard InChI is InChI=1S/C32H35N3O3/c1-33-18-20-34(21-19-33)29-7-3-2-6-24(29)14-17-35-30(36)27-13-10-25(22-28(27)31(35)37)23-8-11-26(12-9-23)32(38)15-4-5-16-32/h2-3,6-13,22,38H,4-5,14-21H2,1H3. The predicted molar refractivity (Wildman–Crippen MR) is 149 cm³/mol. The van der Waals surface area contributed by atoms with Crippen LogP contribution in [0.3, 0.4) is 0 Å². The van der Waals surface area contributed by atoms with E-state index in [9.17, 15) is 14.7 Å².